The maximum Gasteiger partial charge on any atom is 0.266 e. The summed E-state index contributed by atoms with van der Waals surface area (Å²) in [5.41, 5.74) is 2.66. The first-order valence-corrected chi connectivity index (χ1v) is 6.57. The molecule has 20 heavy (non-hydrogen) atoms. The summed E-state index contributed by atoms with van der Waals surface area (Å²) < 4.78 is 10.8. The van der Waals surface area contributed by atoms with Crippen molar-refractivity contribution in [3.63, 3.8) is 0 Å². The second-order valence-electron chi connectivity index (χ2n) is 4.28. The van der Waals surface area contributed by atoms with Gasteiger partial charge in [0.1, 0.15) is 11.4 Å². The molecule has 5 heteroatoms. The summed E-state index contributed by atoms with van der Waals surface area (Å²) in [6, 6.07) is 11.3. The minimum absolute atomic E-state index is 0.250. The van der Waals surface area contributed by atoms with E-state index >= 15 is 0 Å². The van der Waals surface area contributed by atoms with Crippen molar-refractivity contribution in [3.8, 4) is 11.6 Å². The van der Waals surface area contributed by atoms with Crippen LogP contribution in [0.3, 0.4) is 0 Å². The molecule has 0 bridgehead atoms. The molecule has 104 valence electrons. The van der Waals surface area contributed by atoms with Crippen LogP contribution >= 0.6 is 12.2 Å². The molecule has 0 aliphatic carbocycles. The van der Waals surface area contributed by atoms with E-state index in [9.17, 15) is 0 Å². The lowest BCUT2D eigenvalue weighted by molar-refractivity contribution is 0.398. The van der Waals surface area contributed by atoms with E-state index in [-0.39, 0.29) is 5.17 Å². The highest BCUT2D eigenvalue weighted by atomic mass is 32.1. The number of ether oxygens (including phenoxy) is 2. The van der Waals surface area contributed by atoms with Gasteiger partial charge in [-0.05, 0) is 49.8 Å². The molecule has 2 rings (SSSR count). The van der Waals surface area contributed by atoms with Crippen molar-refractivity contribution in [3.05, 3.63) is 47.7 Å². The average Bonchev–Trinajstić information content (AvgIpc) is 2.43. The van der Waals surface area contributed by atoms with Gasteiger partial charge in [0.05, 0.1) is 7.11 Å². The molecule has 0 spiro atoms. The van der Waals surface area contributed by atoms with Crippen LogP contribution in [-0.2, 0) is 0 Å². The molecule has 0 saturated carbocycles. The van der Waals surface area contributed by atoms with Crippen molar-refractivity contribution < 1.29 is 9.47 Å². The predicted octanol–water partition coefficient (Wildman–Crippen LogP) is 3.48. The van der Waals surface area contributed by atoms with Gasteiger partial charge in [-0.15, -0.1) is 0 Å². The van der Waals surface area contributed by atoms with Crippen LogP contribution in [0, 0.1) is 13.8 Å². The first kappa shape index (κ1) is 14.3. The number of aromatic nitrogens is 1. The molecule has 4 nitrogen and oxygen atoms in total. The van der Waals surface area contributed by atoms with E-state index < -0.39 is 0 Å². The maximum atomic E-state index is 5.52. The van der Waals surface area contributed by atoms with Gasteiger partial charge in [-0.2, -0.15) is 0 Å². The van der Waals surface area contributed by atoms with E-state index in [1.165, 1.54) is 0 Å². The van der Waals surface area contributed by atoms with Crippen LogP contribution in [0.2, 0.25) is 0 Å². The Labute approximate surface area is 123 Å². The number of nitrogens with zero attached hydrogens (tertiary/aromatic N) is 1. The zero-order valence-corrected chi connectivity index (χ0v) is 12.5. The number of para-hydroxylation sites is 1. The van der Waals surface area contributed by atoms with Gasteiger partial charge in [0.25, 0.3) is 5.17 Å². The minimum Gasteiger partial charge on any atom is -0.480 e. The van der Waals surface area contributed by atoms with Gasteiger partial charge in [-0.1, -0.05) is 18.2 Å². The van der Waals surface area contributed by atoms with E-state index in [2.05, 4.69) is 10.3 Å². The van der Waals surface area contributed by atoms with E-state index in [1.54, 1.807) is 7.11 Å². The number of aryl methyl sites for hydroxylation is 2. The fourth-order valence-corrected chi connectivity index (χ4v) is 1.87. The first-order valence-electron chi connectivity index (χ1n) is 6.16. The van der Waals surface area contributed by atoms with E-state index in [4.69, 9.17) is 21.7 Å². The Morgan fingerprint density at radius 3 is 2.55 bits per heavy atom. The number of benzene rings is 1. The van der Waals surface area contributed by atoms with E-state index in [0.29, 0.717) is 17.3 Å². The number of hydrogen-bond acceptors (Lipinski definition) is 4. The highest BCUT2D eigenvalue weighted by Gasteiger charge is 2.10. The molecule has 1 N–H and O–H groups in total. The van der Waals surface area contributed by atoms with Crippen molar-refractivity contribution in [1.29, 1.82) is 0 Å². The first-order chi connectivity index (χ1) is 9.60. The number of anilines is 1. The number of pyridine rings is 1. The summed E-state index contributed by atoms with van der Waals surface area (Å²) >= 11 is 5.19. The van der Waals surface area contributed by atoms with Gasteiger partial charge in [0, 0.05) is 5.69 Å². The highest BCUT2D eigenvalue weighted by molar-refractivity contribution is 7.80. The molecule has 0 aliphatic heterocycles. The Morgan fingerprint density at radius 2 is 1.90 bits per heavy atom. The topological polar surface area (TPSA) is 43.4 Å². The summed E-state index contributed by atoms with van der Waals surface area (Å²) in [6.45, 7) is 3.91. The Hall–Kier alpha value is -2.14. The molecule has 0 radical (unpaired) electrons. The number of hydrogen-bond donors (Lipinski definition) is 1. The summed E-state index contributed by atoms with van der Waals surface area (Å²) in [5.74, 6) is 1.17. The quantitative estimate of drug-likeness (QED) is 0.876. The van der Waals surface area contributed by atoms with Crippen LogP contribution in [0.1, 0.15) is 11.3 Å². The van der Waals surface area contributed by atoms with Crippen LogP contribution in [0.15, 0.2) is 36.4 Å². The summed E-state index contributed by atoms with van der Waals surface area (Å²) in [5, 5.41) is 3.25. The zero-order valence-electron chi connectivity index (χ0n) is 11.6. The van der Waals surface area contributed by atoms with E-state index in [1.807, 2.05) is 50.2 Å². The number of nitrogens with one attached hydrogen (secondary N) is 1. The largest absolute Gasteiger partial charge is 0.480 e. The second-order valence-corrected chi connectivity index (χ2v) is 4.65. The zero-order chi connectivity index (χ0) is 14.5. The molecule has 0 amide bonds. The van der Waals surface area contributed by atoms with Crippen LogP contribution in [0.4, 0.5) is 5.69 Å². The normalized spacial score (nSPS) is 9.95. The number of methoxy groups -OCH3 is 1. The van der Waals surface area contributed by atoms with Crippen LogP contribution < -0.4 is 14.8 Å². The summed E-state index contributed by atoms with van der Waals surface area (Å²) in [7, 11) is 1.57. The Morgan fingerprint density at radius 1 is 1.20 bits per heavy atom. The molecule has 1 aromatic carbocycles. The molecule has 1 aromatic heterocycles. The average molecular weight is 288 g/mol. The van der Waals surface area contributed by atoms with Gasteiger partial charge in [-0.25, -0.2) is 4.98 Å². The number of thiocarbonyl (C=S) groups is 1. The lowest BCUT2D eigenvalue weighted by Gasteiger charge is -2.13. The Balaban J connectivity index is 2.13. The maximum absolute atomic E-state index is 5.52. The lowest BCUT2D eigenvalue weighted by Crippen LogP contribution is -2.17. The molecule has 0 unspecified atom stereocenters. The van der Waals surface area contributed by atoms with Gasteiger partial charge >= 0.3 is 0 Å². The van der Waals surface area contributed by atoms with Gasteiger partial charge in [0.15, 0.2) is 0 Å². The monoisotopic (exact) mass is 288 g/mol. The van der Waals surface area contributed by atoms with Gasteiger partial charge < -0.3 is 14.8 Å². The molecule has 1 heterocycles. The fourth-order valence-electron chi connectivity index (χ4n) is 1.66. The van der Waals surface area contributed by atoms with Crippen molar-refractivity contribution >= 4 is 23.1 Å². The molecule has 0 fully saturated rings. The predicted molar refractivity (Wildman–Crippen MR) is 83.6 cm³/mol. The van der Waals surface area contributed by atoms with Crippen molar-refractivity contribution in [2.45, 2.75) is 13.8 Å². The van der Waals surface area contributed by atoms with Crippen LogP contribution in [0.25, 0.3) is 0 Å². The standard InChI is InChI=1S/C15H16N2O2S/c1-10-9-13(14(18-3)16-11(10)2)17-15(20)19-12-7-5-4-6-8-12/h4-9H,1-3H3,(H,17,20). The molecule has 0 aliphatic rings. The molecule has 2 aromatic rings. The van der Waals surface area contributed by atoms with Crippen molar-refractivity contribution in [1.82, 2.24) is 4.98 Å². The summed E-state index contributed by atoms with van der Waals surface area (Å²) in [6.07, 6.45) is 0. The lowest BCUT2D eigenvalue weighted by atomic mass is 10.2. The van der Waals surface area contributed by atoms with Crippen molar-refractivity contribution in [2.75, 3.05) is 12.4 Å². The third-order valence-corrected chi connectivity index (χ3v) is 3.00. The summed E-state index contributed by atoms with van der Waals surface area (Å²) in [4.78, 5) is 4.35. The number of rotatable bonds is 3. The van der Waals surface area contributed by atoms with Crippen molar-refractivity contribution in [2.24, 2.45) is 0 Å². The molecule has 0 atom stereocenters. The SMILES string of the molecule is COc1nc(C)c(C)cc1NC(=S)Oc1ccccc1. The molecular weight excluding hydrogens is 272 g/mol. The Bertz CT molecular complexity index is 615. The third kappa shape index (κ3) is 3.45. The van der Waals surface area contributed by atoms with Crippen LogP contribution in [0.5, 0.6) is 11.6 Å². The van der Waals surface area contributed by atoms with Gasteiger partial charge in [-0.3, -0.25) is 0 Å². The second kappa shape index (κ2) is 6.34. The smallest absolute Gasteiger partial charge is 0.266 e. The van der Waals surface area contributed by atoms with Crippen LogP contribution in [-0.4, -0.2) is 17.3 Å². The molecular formula is C15H16N2O2S. The molecule has 0 saturated heterocycles. The van der Waals surface area contributed by atoms with Gasteiger partial charge in [0.2, 0.25) is 5.88 Å². The van der Waals surface area contributed by atoms with E-state index in [0.717, 1.165) is 11.3 Å². The Kier molecular flexibility index (Phi) is 4.53. The highest BCUT2D eigenvalue weighted by Crippen LogP contribution is 2.24. The minimum atomic E-state index is 0.250. The fraction of sp³-hybridized carbons (Fsp3) is 0.200. The third-order valence-electron chi connectivity index (χ3n) is 2.82.